The fourth-order valence-corrected chi connectivity index (χ4v) is 2.37. The van der Waals surface area contributed by atoms with Gasteiger partial charge in [-0.1, -0.05) is 0 Å². The van der Waals surface area contributed by atoms with Crippen molar-refractivity contribution in [2.24, 2.45) is 0 Å². The van der Waals surface area contributed by atoms with E-state index in [2.05, 4.69) is 30.6 Å². The van der Waals surface area contributed by atoms with Gasteiger partial charge in [-0.25, -0.2) is 23.7 Å². The minimum atomic E-state index is -2.62. The Labute approximate surface area is 137 Å². The Morgan fingerprint density at radius 2 is 2.08 bits per heavy atom. The zero-order valence-corrected chi connectivity index (χ0v) is 13.0. The summed E-state index contributed by atoms with van der Waals surface area (Å²) in [5, 5.41) is 6.24. The molecular weight excluding hydrogens is 318 g/mol. The van der Waals surface area contributed by atoms with E-state index in [-0.39, 0.29) is 24.1 Å². The number of aromatic nitrogens is 4. The monoisotopic (exact) mass is 336 g/mol. The Morgan fingerprint density at radius 1 is 1.21 bits per heavy atom. The van der Waals surface area contributed by atoms with Crippen molar-refractivity contribution in [1.82, 2.24) is 19.9 Å². The number of hydrogen-bond donors (Lipinski definition) is 2. The van der Waals surface area contributed by atoms with Crippen LogP contribution in [0.2, 0.25) is 0 Å². The molecule has 0 radical (unpaired) electrons. The molecule has 1 atom stereocenters. The summed E-state index contributed by atoms with van der Waals surface area (Å²) in [5.41, 5.74) is -0.296. The molecule has 9 heteroatoms. The van der Waals surface area contributed by atoms with Crippen LogP contribution in [0.25, 0.3) is 0 Å². The lowest BCUT2D eigenvalue weighted by molar-refractivity contribution is 0.0875. The number of halogens is 2. The fourth-order valence-electron chi connectivity index (χ4n) is 2.37. The highest BCUT2D eigenvalue weighted by atomic mass is 19.3. The number of nitrogens with one attached hydrogen (secondary N) is 2. The van der Waals surface area contributed by atoms with Gasteiger partial charge >= 0.3 is 0 Å². The summed E-state index contributed by atoms with van der Waals surface area (Å²) >= 11 is 0. The lowest BCUT2D eigenvalue weighted by Crippen LogP contribution is -2.30. The topological polar surface area (TPSA) is 84.9 Å². The van der Waals surface area contributed by atoms with Gasteiger partial charge < -0.3 is 15.4 Å². The smallest absolute Gasteiger partial charge is 0.280 e. The second kappa shape index (κ2) is 7.91. The largest absolute Gasteiger partial charge is 0.379 e. The van der Waals surface area contributed by atoms with Crippen molar-refractivity contribution < 1.29 is 13.5 Å². The van der Waals surface area contributed by atoms with Crippen molar-refractivity contribution >= 4 is 11.8 Å². The zero-order chi connectivity index (χ0) is 16.8. The third-order valence-electron chi connectivity index (χ3n) is 3.52. The van der Waals surface area contributed by atoms with E-state index in [0.29, 0.717) is 18.4 Å². The minimum absolute atomic E-state index is 0.163. The lowest BCUT2D eigenvalue weighted by Gasteiger charge is -2.23. The molecule has 3 rings (SSSR count). The highest BCUT2D eigenvalue weighted by Crippen LogP contribution is 2.16. The molecule has 0 aromatic carbocycles. The summed E-state index contributed by atoms with van der Waals surface area (Å²) in [6, 6.07) is 3.20. The van der Waals surface area contributed by atoms with Gasteiger partial charge in [0.15, 0.2) is 0 Å². The van der Waals surface area contributed by atoms with E-state index < -0.39 is 6.43 Å². The van der Waals surface area contributed by atoms with Gasteiger partial charge in [0.05, 0.1) is 19.2 Å². The minimum Gasteiger partial charge on any atom is -0.379 e. The molecular formula is C15H18F2N6O. The molecule has 1 aliphatic heterocycles. The molecule has 1 saturated heterocycles. The number of ether oxygens (including phenoxy) is 1. The maximum absolute atomic E-state index is 12.6. The van der Waals surface area contributed by atoms with Crippen LogP contribution in [0.5, 0.6) is 0 Å². The molecule has 1 unspecified atom stereocenters. The first-order chi connectivity index (χ1) is 11.7. The summed E-state index contributed by atoms with van der Waals surface area (Å²) in [5.74, 6) is 1.32. The Hall–Kier alpha value is -2.42. The molecule has 7 nitrogen and oxygen atoms in total. The van der Waals surface area contributed by atoms with Crippen LogP contribution in [0.4, 0.5) is 20.5 Å². The summed E-state index contributed by atoms with van der Waals surface area (Å²) in [4.78, 5) is 16.2. The molecule has 1 aliphatic rings. The third-order valence-corrected chi connectivity index (χ3v) is 3.52. The summed E-state index contributed by atoms with van der Waals surface area (Å²) in [6.45, 7) is 1.62. The number of hydrogen-bond acceptors (Lipinski definition) is 7. The van der Waals surface area contributed by atoms with E-state index in [9.17, 15) is 8.78 Å². The highest BCUT2D eigenvalue weighted by Gasteiger charge is 2.14. The molecule has 2 N–H and O–H groups in total. The molecule has 128 valence electrons. The summed E-state index contributed by atoms with van der Waals surface area (Å²) in [7, 11) is 0. The van der Waals surface area contributed by atoms with Crippen LogP contribution in [0.1, 0.15) is 30.8 Å². The van der Waals surface area contributed by atoms with Gasteiger partial charge in [-0.15, -0.1) is 0 Å². The van der Waals surface area contributed by atoms with E-state index in [0.717, 1.165) is 19.4 Å². The summed E-state index contributed by atoms with van der Waals surface area (Å²) in [6.07, 6.45) is 2.37. The van der Waals surface area contributed by atoms with Crippen molar-refractivity contribution in [2.75, 3.05) is 23.8 Å². The van der Waals surface area contributed by atoms with Crippen molar-refractivity contribution in [3.05, 3.63) is 36.0 Å². The van der Waals surface area contributed by atoms with E-state index >= 15 is 0 Å². The molecule has 2 aromatic heterocycles. The van der Waals surface area contributed by atoms with Crippen LogP contribution in [-0.2, 0) is 11.3 Å². The second-order valence-electron chi connectivity index (χ2n) is 5.38. The Morgan fingerprint density at radius 3 is 2.88 bits per heavy atom. The first kappa shape index (κ1) is 16.4. The van der Waals surface area contributed by atoms with Gasteiger partial charge in [0.25, 0.3) is 6.43 Å². The van der Waals surface area contributed by atoms with Gasteiger partial charge in [0.1, 0.15) is 17.3 Å². The van der Waals surface area contributed by atoms with Gasteiger partial charge in [-0.05, 0) is 25.0 Å². The standard InChI is InChI=1S/C15H18F2N6O/c16-14(17)11-3-5-18-13(22-11)8-20-15-19-6-4-12(23-15)21-10-2-1-7-24-9-10/h3-6,10,14H,1-2,7-9H2,(H2,19,20,21,23). The van der Waals surface area contributed by atoms with Crippen LogP contribution in [0.3, 0.4) is 0 Å². The first-order valence-electron chi connectivity index (χ1n) is 7.72. The number of nitrogens with zero attached hydrogens (tertiary/aromatic N) is 4. The van der Waals surface area contributed by atoms with Gasteiger partial charge in [-0.3, -0.25) is 0 Å². The molecule has 3 heterocycles. The maximum Gasteiger partial charge on any atom is 0.280 e. The molecule has 0 amide bonds. The van der Waals surface area contributed by atoms with Crippen LogP contribution < -0.4 is 10.6 Å². The Balaban J connectivity index is 1.59. The molecule has 2 aromatic rings. The molecule has 24 heavy (non-hydrogen) atoms. The van der Waals surface area contributed by atoms with E-state index in [4.69, 9.17) is 4.74 Å². The molecule has 1 fully saturated rings. The number of rotatable bonds is 6. The van der Waals surface area contributed by atoms with Gasteiger partial charge in [-0.2, -0.15) is 4.98 Å². The van der Waals surface area contributed by atoms with Crippen LogP contribution in [0.15, 0.2) is 24.5 Å². The predicted octanol–water partition coefficient (Wildman–Crippen LogP) is 2.41. The van der Waals surface area contributed by atoms with Gasteiger partial charge in [0.2, 0.25) is 5.95 Å². The first-order valence-corrected chi connectivity index (χ1v) is 7.72. The van der Waals surface area contributed by atoms with Crippen LogP contribution in [-0.4, -0.2) is 39.2 Å². The van der Waals surface area contributed by atoms with Crippen LogP contribution >= 0.6 is 0 Å². The SMILES string of the molecule is FC(F)c1ccnc(CNc2nccc(NC3CCCOC3)n2)n1. The molecule has 0 spiro atoms. The van der Waals surface area contributed by atoms with Crippen molar-refractivity contribution in [2.45, 2.75) is 31.9 Å². The fraction of sp³-hybridized carbons (Fsp3) is 0.467. The average Bonchev–Trinajstić information content (AvgIpc) is 2.61. The number of anilines is 2. The summed E-state index contributed by atoms with van der Waals surface area (Å²) < 4.78 is 30.7. The highest BCUT2D eigenvalue weighted by molar-refractivity contribution is 5.40. The zero-order valence-electron chi connectivity index (χ0n) is 13.0. The Kier molecular flexibility index (Phi) is 5.42. The number of alkyl halides is 2. The molecule has 0 bridgehead atoms. The van der Waals surface area contributed by atoms with Crippen molar-refractivity contribution in [1.29, 1.82) is 0 Å². The molecule has 0 saturated carbocycles. The van der Waals surface area contributed by atoms with Gasteiger partial charge in [0, 0.05) is 19.0 Å². The average molecular weight is 336 g/mol. The molecule has 0 aliphatic carbocycles. The maximum atomic E-state index is 12.6. The Bertz CT molecular complexity index is 666. The van der Waals surface area contributed by atoms with Crippen molar-refractivity contribution in [3.8, 4) is 0 Å². The van der Waals surface area contributed by atoms with E-state index in [1.54, 1.807) is 12.3 Å². The van der Waals surface area contributed by atoms with E-state index in [1.165, 1.54) is 12.3 Å². The quantitative estimate of drug-likeness (QED) is 0.838. The van der Waals surface area contributed by atoms with E-state index in [1.807, 2.05) is 0 Å². The van der Waals surface area contributed by atoms with Crippen LogP contribution in [0, 0.1) is 0 Å². The lowest BCUT2D eigenvalue weighted by atomic mass is 10.1. The third kappa shape index (κ3) is 4.54. The normalized spacial score (nSPS) is 17.7. The second-order valence-corrected chi connectivity index (χ2v) is 5.38. The van der Waals surface area contributed by atoms with Crippen molar-refractivity contribution in [3.63, 3.8) is 0 Å². The predicted molar refractivity (Wildman–Crippen MR) is 83.8 cm³/mol.